The van der Waals surface area contributed by atoms with E-state index < -0.39 is 0 Å². The van der Waals surface area contributed by atoms with E-state index in [1.54, 1.807) is 0 Å². The van der Waals surface area contributed by atoms with E-state index in [1.165, 1.54) is 0 Å². The molecule has 0 unspecified atom stereocenters. The summed E-state index contributed by atoms with van der Waals surface area (Å²) in [5.41, 5.74) is 1.71. The molecule has 1 N–H and O–H groups in total. The molecule has 0 aliphatic rings. The van der Waals surface area contributed by atoms with Crippen LogP contribution in [0.15, 0.2) is 18.2 Å². The fourth-order valence-electron chi connectivity index (χ4n) is 1.17. The van der Waals surface area contributed by atoms with Gasteiger partial charge in [-0.15, -0.1) is 5.10 Å². The lowest BCUT2D eigenvalue weighted by molar-refractivity contribution is 0.320. The quantitative estimate of drug-likeness (QED) is 0.777. The molecule has 0 fully saturated rings. The third-order valence-corrected chi connectivity index (χ3v) is 1.78. The molecule has 1 aromatic carbocycles. The molecular formula is C9H11N3O. The normalized spacial score (nSPS) is 10.5. The summed E-state index contributed by atoms with van der Waals surface area (Å²) in [7, 11) is 0. The molecule has 0 saturated carbocycles. The fourth-order valence-corrected chi connectivity index (χ4v) is 1.17. The molecular weight excluding hydrogens is 166 g/mol. The predicted octanol–water partition coefficient (Wildman–Crippen LogP) is 1.75. The standard InChI is InChI=1S/C9H11N3O/c1-2-6-13-8-5-3-4-7-9(8)11-12-10-7/h3-5H,2,6H2,1H3,(H,10,11,12). The second-order valence-corrected chi connectivity index (χ2v) is 2.81. The first-order chi connectivity index (χ1) is 6.42. The number of aromatic nitrogens is 3. The Hall–Kier alpha value is -1.58. The number of H-pyrrole nitrogens is 1. The first kappa shape index (κ1) is 8.04. The van der Waals surface area contributed by atoms with E-state index in [2.05, 4.69) is 22.3 Å². The van der Waals surface area contributed by atoms with Crippen molar-refractivity contribution in [3.05, 3.63) is 18.2 Å². The third kappa shape index (κ3) is 1.47. The Morgan fingerprint density at radius 2 is 2.38 bits per heavy atom. The average molecular weight is 177 g/mol. The smallest absolute Gasteiger partial charge is 0.154 e. The number of rotatable bonds is 3. The van der Waals surface area contributed by atoms with Crippen LogP contribution >= 0.6 is 0 Å². The molecule has 4 heteroatoms. The molecule has 68 valence electrons. The first-order valence-corrected chi connectivity index (χ1v) is 4.34. The summed E-state index contributed by atoms with van der Waals surface area (Å²) in [6.07, 6.45) is 0.994. The average Bonchev–Trinajstić information content (AvgIpc) is 2.62. The second kappa shape index (κ2) is 3.43. The Morgan fingerprint density at radius 3 is 3.23 bits per heavy atom. The maximum absolute atomic E-state index is 5.50. The highest BCUT2D eigenvalue weighted by Gasteiger charge is 2.03. The van der Waals surface area contributed by atoms with Crippen LogP contribution in [0.1, 0.15) is 13.3 Å². The zero-order valence-corrected chi connectivity index (χ0v) is 7.45. The molecule has 0 spiro atoms. The van der Waals surface area contributed by atoms with Gasteiger partial charge in [-0.25, -0.2) is 0 Å². The lowest BCUT2D eigenvalue weighted by atomic mass is 10.3. The van der Waals surface area contributed by atoms with E-state index in [0.717, 1.165) is 23.2 Å². The summed E-state index contributed by atoms with van der Waals surface area (Å²) in [5.74, 6) is 0.799. The monoisotopic (exact) mass is 177 g/mol. The lowest BCUT2D eigenvalue weighted by Crippen LogP contribution is -1.95. The number of benzene rings is 1. The van der Waals surface area contributed by atoms with Gasteiger partial charge in [0.05, 0.1) is 12.1 Å². The number of hydrogen-bond acceptors (Lipinski definition) is 3. The number of ether oxygens (including phenoxy) is 1. The van der Waals surface area contributed by atoms with Crippen molar-refractivity contribution in [3.63, 3.8) is 0 Å². The SMILES string of the molecule is CCCOc1cccc2[nH]nnc12. The van der Waals surface area contributed by atoms with Crippen molar-refractivity contribution >= 4 is 11.0 Å². The maximum atomic E-state index is 5.50. The molecule has 2 aromatic rings. The lowest BCUT2D eigenvalue weighted by Gasteiger charge is -2.03. The number of fused-ring (bicyclic) bond motifs is 1. The molecule has 13 heavy (non-hydrogen) atoms. The summed E-state index contributed by atoms with van der Waals surface area (Å²) >= 11 is 0. The Balaban J connectivity index is 2.37. The highest BCUT2D eigenvalue weighted by Crippen LogP contribution is 2.21. The van der Waals surface area contributed by atoms with E-state index in [9.17, 15) is 0 Å². The number of nitrogens with zero attached hydrogens (tertiary/aromatic N) is 2. The van der Waals surface area contributed by atoms with Crippen molar-refractivity contribution in [1.29, 1.82) is 0 Å². The van der Waals surface area contributed by atoms with Gasteiger partial charge in [-0.2, -0.15) is 0 Å². The van der Waals surface area contributed by atoms with E-state index >= 15 is 0 Å². The summed E-state index contributed by atoms with van der Waals surface area (Å²) in [6, 6.07) is 5.75. The van der Waals surface area contributed by atoms with Crippen molar-refractivity contribution in [2.24, 2.45) is 0 Å². The Morgan fingerprint density at radius 1 is 1.46 bits per heavy atom. The summed E-state index contributed by atoms with van der Waals surface area (Å²) in [4.78, 5) is 0. The van der Waals surface area contributed by atoms with E-state index in [1.807, 2.05) is 18.2 Å². The van der Waals surface area contributed by atoms with Crippen LogP contribution in [0.2, 0.25) is 0 Å². The van der Waals surface area contributed by atoms with Gasteiger partial charge in [0.1, 0.15) is 5.75 Å². The van der Waals surface area contributed by atoms with Gasteiger partial charge < -0.3 is 4.74 Å². The maximum Gasteiger partial charge on any atom is 0.154 e. The minimum atomic E-state index is 0.714. The Bertz CT molecular complexity index is 396. The Kier molecular flexibility index (Phi) is 2.12. The molecule has 0 radical (unpaired) electrons. The molecule has 0 aliphatic carbocycles. The largest absolute Gasteiger partial charge is 0.491 e. The molecule has 1 aromatic heterocycles. The summed E-state index contributed by atoms with van der Waals surface area (Å²) in [6.45, 7) is 2.79. The second-order valence-electron chi connectivity index (χ2n) is 2.81. The molecule has 0 amide bonds. The van der Waals surface area contributed by atoms with Crippen molar-refractivity contribution in [1.82, 2.24) is 15.4 Å². The highest BCUT2D eigenvalue weighted by atomic mass is 16.5. The minimum absolute atomic E-state index is 0.714. The number of aromatic amines is 1. The van der Waals surface area contributed by atoms with Crippen LogP contribution in [0.4, 0.5) is 0 Å². The topological polar surface area (TPSA) is 50.8 Å². The van der Waals surface area contributed by atoms with Gasteiger partial charge in [0, 0.05) is 0 Å². The van der Waals surface area contributed by atoms with Crippen LogP contribution in [0.5, 0.6) is 5.75 Å². The van der Waals surface area contributed by atoms with E-state index in [-0.39, 0.29) is 0 Å². The van der Waals surface area contributed by atoms with Gasteiger partial charge in [-0.1, -0.05) is 18.2 Å². The van der Waals surface area contributed by atoms with Gasteiger partial charge >= 0.3 is 0 Å². The zero-order valence-electron chi connectivity index (χ0n) is 7.45. The van der Waals surface area contributed by atoms with Crippen LogP contribution in [0.3, 0.4) is 0 Å². The molecule has 4 nitrogen and oxygen atoms in total. The first-order valence-electron chi connectivity index (χ1n) is 4.34. The predicted molar refractivity (Wildman–Crippen MR) is 49.7 cm³/mol. The van der Waals surface area contributed by atoms with Crippen molar-refractivity contribution in [2.75, 3.05) is 6.61 Å². The fraction of sp³-hybridized carbons (Fsp3) is 0.333. The zero-order chi connectivity index (χ0) is 9.10. The molecule has 0 atom stereocenters. The van der Waals surface area contributed by atoms with Gasteiger partial charge in [0.25, 0.3) is 0 Å². The van der Waals surface area contributed by atoms with Crippen LogP contribution in [0.25, 0.3) is 11.0 Å². The molecule has 0 bridgehead atoms. The van der Waals surface area contributed by atoms with Crippen LogP contribution in [0, 0.1) is 0 Å². The van der Waals surface area contributed by atoms with Crippen LogP contribution in [-0.2, 0) is 0 Å². The van der Waals surface area contributed by atoms with Crippen LogP contribution in [-0.4, -0.2) is 22.0 Å². The third-order valence-electron chi connectivity index (χ3n) is 1.78. The van der Waals surface area contributed by atoms with Gasteiger partial charge in [0.2, 0.25) is 0 Å². The number of nitrogens with one attached hydrogen (secondary N) is 1. The van der Waals surface area contributed by atoms with Gasteiger partial charge in [0.15, 0.2) is 5.52 Å². The molecule has 2 rings (SSSR count). The van der Waals surface area contributed by atoms with Gasteiger partial charge in [-0.05, 0) is 18.6 Å². The molecule has 0 saturated heterocycles. The van der Waals surface area contributed by atoms with E-state index in [0.29, 0.717) is 6.61 Å². The Labute approximate surface area is 75.9 Å². The van der Waals surface area contributed by atoms with E-state index in [4.69, 9.17) is 4.74 Å². The molecule has 1 heterocycles. The van der Waals surface area contributed by atoms with Crippen molar-refractivity contribution < 1.29 is 4.74 Å². The summed E-state index contributed by atoms with van der Waals surface area (Å²) in [5, 5.41) is 10.5. The molecule has 0 aliphatic heterocycles. The van der Waals surface area contributed by atoms with Crippen molar-refractivity contribution in [3.8, 4) is 5.75 Å². The van der Waals surface area contributed by atoms with Gasteiger partial charge in [-0.3, -0.25) is 5.10 Å². The van der Waals surface area contributed by atoms with Crippen molar-refractivity contribution in [2.45, 2.75) is 13.3 Å². The summed E-state index contributed by atoms with van der Waals surface area (Å²) < 4.78 is 5.50. The van der Waals surface area contributed by atoms with Crippen LogP contribution < -0.4 is 4.74 Å². The minimum Gasteiger partial charge on any atom is -0.491 e. The highest BCUT2D eigenvalue weighted by molar-refractivity contribution is 5.80. The number of hydrogen-bond donors (Lipinski definition) is 1.